The molecule has 94 valence electrons. The second-order valence-electron chi connectivity index (χ2n) is 3.76. The SMILES string of the molecule is CC(=O)c1c(O)c(C(F)(F)F)nc2ccccc12. The van der Waals surface area contributed by atoms with Crippen molar-refractivity contribution in [2.24, 2.45) is 0 Å². The van der Waals surface area contributed by atoms with E-state index in [-0.39, 0.29) is 16.5 Å². The van der Waals surface area contributed by atoms with E-state index in [9.17, 15) is 23.1 Å². The molecule has 0 amide bonds. The maximum Gasteiger partial charge on any atom is 0.437 e. The van der Waals surface area contributed by atoms with Crippen LogP contribution in [-0.2, 0) is 6.18 Å². The Morgan fingerprint density at radius 1 is 1.28 bits per heavy atom. The Bertz CT molecular complexity index is 635. The molecule has 0 saturated carbocycles. The summed E-state index contributed by atoms with van der Waals surface area (Å²) in [6, 6.07) is 5.87. The first kappa shape index (κ1) is 12.3. The van der Waals surface area contributed by atoms with E-state index in [0.29, 0.717) is 0 Å². The van der Waals surface area contributed by atoms with Gasteiger partial charge in [-0.1, -0.05) is 18.2 Å². The van der Waals surface area contributed by atoms with Crippen LogP contribution in [0, 0.1) is 0 Å². The van der Waals surface area contributed by atoms with Gasteiger partial charge in [0.25, 0.3) is 0 Å². The Morgan fingerprint density at radius 3 is 2.44 bits per heavy atom. The van der Waals surface area contributed by atoms with Gasteiger partial charge in [-0.15, -0.1) is 0 Å². The summed E-state index contributed by atoms with van der Waals surface area (Å²) >= 11 is 0. The van der Waals surface area contributed by atoms with Gasteiger partial charge in [0.2, 0.25) is 0 Å². The molecule has 1 aromatic carbocycles. The standard InChI is InChI=1S/C12H8F3NO2/c1-6(17)9-7-4-2-3-5-8(7)16-11(10(9)18)12(13,14)15/h2-5,18H,1H3. The highest BCUT2D eigenvalue weighted by molar-refractivity contribution is 6.08. The van der Waals surface area contributed by atoms with Crippen LogP contribution < -0.4 is 0 Å². The fourth-order valence-corrected chi connectivity index (χ4v) is 1.76. The minimum atomic E-state index is -4.81. The van der Waals surface area contributed by atoms with Gasteiger partial charge >= 0.3 is 6.18 Å². The number of ketones is 1. The molecule has 1 heterocycles. The molecule has 0 aliphatic carbocycles. The lowest BCUT2D eigenvalue weighted by atomic mass is 10.0. The third kappa shape index (κ3) is 1.90. The minimum absolute atomic E-state index is 0.0211. The normalized spacial score (nSPS) is 11.8. The monoisotopic (exact) mass is 255 g/mol. The molecule has 0 fully saturated rings. The van der Waals surface area contributed by atoms with Crippen molar-refractivity contribution in [2.45, 2.75) is 13.1 Å². The summed E-state index contributed by atoms with van der Waals surface area (Å²) < 4.78 is 38.1. The van der Waals surface area contributed by atoms with E-state index in [1.165, 1.54) is 18.2 Å². The highest BCUT2D eigenvalue weighted by Crippen LogP contribution is 2.39. The lowest BCUT2D eigenvalue weighted by molar-refractivity contribution is -0.142. The first-order valence-corrected chi connectivity index (χ1v) is 5.02. The first-order chi connectivity index (χ1) is 8.32. The number of rotatable bonds is 1. The molecular weight excluding hydrogens is 247 g/mol. The number of benzene rings is 1. The van der Waals surface area contributed by atoms with Gasteiger partial charge in [-0.05, 0) is 13.0 Å². The van der Waals surface area contributed by atoms with E-state index in [1.807, 2.05) is 0 Å². The van der Waals surface area contributed by atoms with Crippen molar-refractivity contribution in [3.05, 3.63) is 35.5 Å². The molecule has 0 bridgehead atoms. The van der Waals surface area contributed by atoms with E-state index in [1.54, 1.807) is 6.07 Å². The molecule has 2 rings (SSSR count). The maximum atomic E-state index is 12.7. The van der Waals surface area contributed by atoms with Crippen LogP contribution in [0.2, 0.25) is 0 Å². The van der Waals surface area contributed by atoms with Crippen LogP contribution in [0.4, 0.5) is 13.2 Å². The largest absolute Gasteiger partial charge is 0.505 e. The summed E-state index contributed by atoms with van der Waals surface area (Å²) in [5.41, 5.74) is -1.77. The zero-order valence-electron chi connectivity index (χ0n) is 9.25. The number of aromatic hydroxyl groups is 1. The van der Waals surface area contributed by atoms with Crippen LogP contribution in [-0.4, -0.2) is 15.9 Å². The number of nitrogens with zero attached hydrogens (tertiary/aromatic N) is 1. The van der Waals surface area contributed by atoms with Gasteiger partial charge < -0.3 is 5.11 Å². The second-order valence-corrected chi connectivity index (χ2v) is 3.76. The van der Waals surface area contributed by atoms with Gasteiger partial charge in [-0.25, -0.2) is 4.98 Å². The predicted molar refractivity (Wildman–Crippen MR) is 58.4 cm³/mol. The van der Waals surface area contributed by atoms with Crippen LogP contribution in [0.3, 0.4) is 0 Å². The summed E-state index contributed by atoms with van der Waals surface area (Å²) in [5, 5.41) is 9.79. The van der Waals surface area contributed by atoms with Crippen LogP contribution in [0.25, 0.3) is 10.9 Å². The lowest BCUT2D eigenvalue weighted by Gasteiger charge is -2.12. The Hall–Kier alpha value is -2.11. The van der Waals surface area contributed by atoms with Gasteiger partial charge in [0.05, 0.1) is 11.1 Å². The quantitative estimate of drug-likeness (QED) is 0.796. The maximum absolute atomic E-state index is 12.7. The summed E-state index contributed by atoms with van der Waals surface area (Å²) in [4.78, 5) is 14.8. The number of Topliss-reactive ketones (excluding diaryl/α,β-unsaturated/α-hetero) is 1. The van der Waals surface area contributed by atoms with E-state index in [2.05, 4.69) is 4.98 Å². The topological polar surface area (TPSA) is 50.2 Å². The zero-order chi connectivity index (χ0) is 13.5. The summed E-state index contributed by atoms with van der Waals surface area (Å²) in [5.74, 6) is -1.76. The number of aromatic nitrogens is 1. The van der Waals surface area contributed by atoms with Crippen LogP contribution in [0.5, 0.6) is 5.75 Å². The fraction of sp³-hybridized carbons (Fsp3) is 0.167. The van der Waals surface area contributed by atoms with Crippen molar-refractivity contribution >= 4 is 16.7 Å². The Kier molecular flexibility index (Phi) is 2.73. The van der Waals surface area contributed by atoms with Crippen molar-refractivity contribution < 1.29 is 23.1 Å². The summed E-state index contributed by atoms with van der Waals surface area (Å²) in [7, 11) is 0. The number of carbonyl (C=O) groups is 1. The smallest absolute Gasteiger partial charge is 0.437 e. The first-order valence-electron chi connectivity index (χ1n) is 5.02. The molecule has 0 spiro atoms. The number of alkyl halides is 3. The predicted octanol–water partition coefficient (Wildman–Crippen LogP) is 3.16. The van der Waals surface area contributed by atoms with Crippen LogP contribution >= 0.6 is 0 Å². The Balaban J connectivity index is 2.93. The molecule has 0 aliphatic rings. The molecule has 0 atom stereocenters. The number of carbonyl (C=O) groups excluding carboxylic acids is 1. The molecule has 0 unspecified atom stereocenters. The van der Waals surface area contributed by atoms with Gasteiger partial charge in [0.1, 0.15) is 0 Å². The molecule has 0 aliphatic heterocycles. The van der Waals surface area contributed by atoms with Crippen LogP contribution in [0.1, 0.15) is 23.0 Å². The highest BCUT2D eigenvalue weighted by atomic mass is 19.4. The zero-order valence-corrected chi connectivity index (χ0v) is 9.25. The van der Waals surface area contributed by atoms with Gasteiger partial charge in [-0.3, -0.25) is 4.79 Å². The molecular formula is C12H8F3NO2. The van der Waals surface area contributed by atoms with Crippen LogP contribution in [0.15, 0.2) is 24.3 Å². The van der Waals surface area contributed by atoms with E-state index in [0.717, 1.165) is 6.92 Å². The molecule has 6 heteroatoms. The van der Waals surface area contributed by atoms with Crippen molar-refractivity contribution in [2.75, 3.05) is 0 Å². The molecule has 1 N–H and O–H groups in total. The van der Waals surface area contributed by atoms with E-state index >= 15 is 0 Å². The van der Waals surface area contributed by atoms with Gasteiger partial charge in [0, 0.05) is 5.39 Å². The van der Waals surface area contributed by atoms with E-state index in [4.69, 9.17) is 0 Å². The number of halogens is 3. The van der Waals surface area contributed by atoms with Crippen molar-refractivity contribution in [3.8, 4) is 5.75 Å². The molecule has 1 aromatic heterocycles. The molecule has 18 heavy (non-hydrogen) atoms. The lowest BCUT2D eigenvalue weighted by Crippen LogP contribution is -2.11. The number of hydrogen-bond donors (Lipinski definition) is 1. The fourth-order valence-electron chi connectivity index (χ4n) is 1.76. The number of para-hydroxylation sites is 1. The third-order valence-electron chi connectivity index (χ3n) is 2.49. The Morgan fingerprint density at radius 2 is 1.89 bits per heavy atom. The van der Waals surface area contributed by atoms with E-state index < -0.39 is 23.4 Å². The minimum Gasteiger partial charge on any atom is -0.505 e. The molecule has 0 saturated heterocycles. The average Bonchev–Trinajstić information content (AvgIpc) is 2.26. The number of hydrogen-bond acceptors (Lipinski definition) is 3. The Labute approximate surface area is 99.9 Å². The summed E-state index contributed by atoms with van der Waals surface area (Å²) in [6.07, 6.45) is -4.81. The number of pyridine rings is 1. The van der Waals surface area contributed by atoms with Crippen molar-refractivity contribution in [1.82, 2.24) is 4.98 Å². The molecule has 2 aromatic rings. The number of fused-ring (bicyclic) bond motifs is 1. The highest BCUT2D eigenvalue weighted by Gasteiger charge is 2.38. The molecule has 3 nitrogen and oxygen atoms in total. The third-order valence-corrected chi connectivity index (χ3v) is 2.49. The molecule has 0 radical (unpaired) electrons. The average molecular weight is 255 g/mol. The van der Waals surface area contributed by atoms with Gasteiger partial charge in [-0.2, -0.15) is 13.2 Å². The van der Waals surface area contributed by atoms with Crippen molar-refractivity contribution in [1.29, 1.82) is 0 Å². The van der Waals surface area contributed by atoms with Gasteiger partial charge in [0.15, 0.2) is 17.2 Å². The van der Waals surface area contributed by atoms with Crippen molar-refractivity contribution in [3.63, 3.8) is 0 Å². The summed E-state index contributed by atoms with van der Waals surface area (Å²) in [6.45, 7) is 1.10. The second kappa shape index (κ2) is 3.97.